The Bertz CT molecular complexity index is 586. The van der Waals surface area contributed by atoms with Crippen molar-refractivity contribution in [2.75, 3.05) is 27.2 Å². The van der Waals surface area contributed by atoms with Gasteiger partial charge < -0.3 is 10.2 Å². The molecule has 0 aliphatic heterocycles. The van der Waals surface area contributed by atoms with Gasteiger partial charge in [0.1, 0.15) is 15.2 Å². The first-order valence-corrected chi connectivity index (χ1v) is 7.61. The maximum absolute atomic E-state index is 11.8. The lowest BCUT2D eigenvalue weighted by molar-refractivity contribution is 0.217. The topological polar surface area (TPSA) is 102 Å². The molecule has 0 radical (unpaired) electrons. The van der Waals surface area contributed by atoms with Crippen LogP contribution >= 0.6 is 11.3 Å². The van der Waals surface area contributed by atoms with Crippen LogP contribution in [0, 0.1) is 11.3 Å². The molecule has 0 saturated heterocycles. The fourth-order valence-electron chi connectivity index (χ4n) is 1.11. The maximum atomic E-state index is 11.8. The molecule has 1 aromatic rings. The Hall–Kier alpha value is -1.63. The lowest BCUT2D eigenvalue weighted by Gasteiger charge is -2.11. The fourth-order valence-corrected chi connectivity index (χ4v) is 3.29. The zero-order valence-electron chi connectivity index (χ0n) is 10.5. The van der Waals surface area contributed by atoms with Crippen molar-refractivity contribution < 1.29 is 13.2 Å². The van der Waals surface area contributed by atoms with Gasteiger partial charge in [-0.15, -0.1) is 11.3 Å². The Labute approximate surface area is 115 Å². The average Bonchev–Trinajstić information content (AvgIpc) is 2.83. The summed E-state index contributed by atoms with van der Waals surface area (Å²) in [7, 11) is -0.432. The third-order valence-corrected chi connectivity index (χ3v) is 5.00. The lowest BCUT2D eigenvalue weighted by atomic mass is 10.5. The molecule has 1 rings (SSSR count). The molecule has 0 atom stereocenters. The van der Waals surface area contributed by atoms with E-state index in [0.29, 0.717) is 4.88 Å². The van der Waals surface area contributed by atoms with Crippen LogP contribution in [-0.2, 0) is 10.0 Å². The first-order chi connectivity index (χ1) is 8.86. The van der Waals surface area contributed by atoms with E-state index in [4.69, 9.17) is 5.26 Å². The molecule has 7 nitrogen and oxygen atoms in total. The van der Waals surface area contributed by atoms with Gasteiger partial charge in [-0.1, -0.05) is 0 Å². The third kappa shape index (κ3) is 4.51. The molecule has 0 aromatic carbocycles. The van der Waals surface area contributed by atoms with Gasteiger partial charge in [0, 0.05) is 27.2 Å². The van der Waals surface area contributed by atoms with Gasteiger partial charge >= 0.3 is 6.03 Å². The van der Waals surface area contributed by atoms with E-state index in [2.05, 4.69) is 10.0 Å². The van der Waals surface area contributed by atoms with Gasteiger partial charge in [-0.25, -0.2) is 17.9 Å². The first-order valence-electron chi connectivity index (χ1n) is 5.31. The van der Waals surface area contributed by atoms with Crippen molar-refractivity contribution in [2.24, 2.45) is 0 Å². The molecule has 19 heavy (non-hydrogen) atoms. The zero-order valence-corrected chi connectivity index (χ0v) is 12.1. The maximum Gasteiger partial charge on any atom is 0.316 e. The van der Waals surface area contributed by atoms with Crippen LogP contribution in [-0.4, -0.2) is 46.5 Å². The molecular weight excluding hydrogens is 288 g/mol. The number of hydrogen-bond donors (Lipinski definition) is 2. The van der Waals surface area contributed by atoms with Gasteiger partial charge in [-0.05, 0) is 12.1 Å². The predicted molar refractivity (Wildman–Crippen MR) is 71.3 cm³/mol. The highest BCUT2D eigenvalue weighted by Crippen LogP contribution is 2.20. The van der Waals surface area contributed by atoms with E-state index >= 15 is 0 Å². The smallest absolute Gasteiger partial charge is 0.316 e. The van der Waals surface area contributed by atoms with Crippen molar-refractivity contribution in [1.82, 2.24) is 14.9 Å². The summed E-state index contributed by atoms with van der Waals surface area (Å²) in [5.74, 6) is 0. The van der Waals surface area contributed by atoms with Crippen LogP contribution < -0.4 is 10.0 Å². The van der Waals surface area contributed by atoms with Crippen molar-refractivity contribution in [3.63, 3.8) is 0 Å². The summed E-state index contributed by atoms with van der Waals surface area (Å²) in [4.78, 5) is 12.9. The molecule has 2 N–H and O–H groups in total. The van der Waals surface area contributed by atoms with Crippen molar-refractivity contribution in [2.45, 2.75) is 4.21 Å². The number of nitrogens with zero attached hydrogens (tertiary/aromatic N) is 2. The minimum Gasteiger partial charge on any atom is -0.337 e. The van der Waals surface area contributed by atoms with Gasteiger partial charge in [0.2, 0.25) is 10.0 Å². The number of carbonyl (C=O) groups excluding carboxylic acids is 1. The predicted octanol–water partition coefficient (Wildman–Crippen LogP) is 0.169. The Kier molecular flexibility index (Phi) is 5.29. The summed E-state index contributed by atoms with van der Waals surface area (Å²) in [6, 6.07) is 4.42. The molecular formula is C10H14N4O3S2. The summed E-state index contributed by atoms with van der Waals surface area (Å²) in [5.41, 5.74) is 0. The minimum atomic E-state index is -3.62. The highest BCUT2D eigenvalue weighted by molar-refractivity contribution is 7.91. The number of thiophene rings is 1. The van der Waals surface area contributed by atoms with E-state index in [-0.39, 0.29) is 23.3 Å². The van der Waals surface area contributed by atoms with Crippen molar-refractivity contribution in [3.05, 3.63) is 17.0 Å². The normalized spacial score (nSPS) is 10.8. The summed E-state index contributed by atoms with van der Waals surface area (Å²) in [5, 5.41) is 11.2. The molecule has 0 aliphatic carbocycles. The SMILES string of the molecule is CN(C)C(=O)NCCNS(=O)(=O)c1ccc(C#N)s1. The molecule has 0 unspecified atom stereocenters. The molecule has 1 aromatic heterocycles. The Balaban J connectivity index is 2.48. The number of amides is 2. The van der Waals surface area contributed by atoms with E-state index in [1.165, 1.54) is 17.0 Å². The summed E-state index contributed by atoms with van der Waals surface area (Å²) in [6.45, 7) is 0.272. The zero-order chi connectivity index (χ0) is 14.5. The molecule has 9 heteroatoms. The number of rotatable bonds is 5. The number of hydrogen-bond acceptors (Lipinski definition) is 5. The largest absolute Gasteiger partial charge is 0.337 e. The monoisotopic (exact) mass is 302 g/mol. The van der Waals surface area contributed by atoms with E-state index in [1.807, 2.05) is 6.07 Å². The number of urea groups is 1. The molecule has 104 valence electrons. The van der Waals surface area contributed by atoms with Crippen LogP contribution in [0.25, 0.3) is 0 Å². The summed E-state index contributed by atoms with van der Waals surface area (Å²) >= 11 is 0.902. The van der Waals surface area contributed by atoms with Crippen LogP contribution in [0.1, 0.15) is 4.88 Å². The standard InChI is InChI=1S/C10H14N4O3S2/c1-14(2)10(15)12-5-6-13-19(16,17)9-4-3-8(7-11)18-9/h3-4,13H,5-6H2,1-2H3,(H,12,15). The van der Waals surface area contributed by atoms with E-state index in [1.54, 1.807) is 14.1 Å². The van der Waals surface area contributed by atoms with Gasteiger partial charge in [0.25, 0.3) is 0 Å². The van der Waals surface area contributed by atoms with Crippen molar-refractivity contribution in [1.29, 1.82) is 5.26 Å². The highest BCUT2D eigenvalue weighted by Gasteiger charge is 2.16. The van der Waals surface area contributed by atoms with Gasteiger partial charge in [0.05, 0.1) is 0 Å². The van der Waals surface area contributed by atoms with Crippen LogP contribution in [0.5, 0.6) is 0 Å². The second-order valence-corrected chi connectivity index (χ2v) is 6.83. The number of sulfonamides is 1. The summed E-state index contributed by atoms with van der Waals surface area (Å²) < 4.78 is 26.0. The van der Waals surface area contributed by atoms with Gasteiger partial charge in [0.15, 0.2) is 0 Å². The second-order valence-electron chi connectivity index (χ2n) is 3.75. The molecule has 0 aliphatic rings. The van der Waals surface area contributed by atoms with Crippen LogP contribution in [0.4, 0.5) is 4.79 Å². The van der Waals surface area contributed by atoms with Crippen molar-refractivity contribution in [3.8, 4) is 6.07 Å². The van der Waals surface area contributed by atoms with Crippen LogP contribution in [0.15, 0.2) is 16.3 Å². The Morgan fingerprint density at radius 3 is 2.63 bits per heavy atom. The van der Waals surface area contributed by atoms with Gasteiger partial charge in [-0.2, -0.15) is 5.26 Å². The Morgan fingerprint density at radius 1 is 1.42 bits per heavy atom. The molecule has 0 saturated carbocycles. The quantitative estimate of drug-likeness (QED) is 0.757. The minimum absolute atomic E-state index is 0.0850. The second kappa shape index (κ2) is 6.51. The third-order valence-electron chi connectivity index (χ3n) is 2.06. The van der Waals surface area contributed by atoms with Crippen LogP contribution in [0.3, 0.4) is 0 Å². The molecule has 1 heterocycles. The number of carbonyl (C=O) groups is 1. The Morgan fingerprint density at radius 2 is 2.11 bits per heavy atom. The number of nitriles is 1. The molecule has 0 fully saturated rings. The van der Waals surface area contributed by atoms with Crippen LogP contribution in [0.2, 0.25) is 0 Å². The highest BCUT2D eigenvalue weighted by atomic mass is 32.2. The van der Waals surface area contributed by atoms with Crippen molar-refractivity contribution >= 4 is 27.4 Å². The van der Waals surface area contributed by atoms with E-state index in [0.717, 1.165) is 11.3 Å². The number of nitrogens with one attached hydrogen (secondary N) is 2. The first kappa shape index (κ1) is 15.4. The van der Waals surface area contributed by atoms with Gasteiger partial charge in [-0.3, -0.25) is 0 Å². The molecule has 2 amide bonds. The summed E-state index contributed by atoms with van der Waals surface area (Å²) in [6.07, 6.45) is 0. The fraction of sp³-hybridized carbons (Fsp3) is 0.400. The lowest BCUT2D eigenvalue weighted by Crippen LogP contribution is -2.39. The molecule has 0 spiro atoms. The van der Waals surface area contributed by atoms with E-state index < -0.39 is 10.0 Å². The molecule has 0 bridgehead atoms. The van der Waals surface area contributed by atoms with E-state index in [9.17, 15) is 13.2 Å². The average molecular weight is 302 g/mol.